The molecule has 0 bridgehead atoms. The lowest BCUT2D eigenvalue weighted by atomic mass is 10.1. The number of rotatable bonds is 7. The number of halogens is 1. The van der Waals surface area contributed by atoms with E-state index in [0.717, 1.165) is 12.8 Å². The quantitative estimate of drug-likeness (QED) is 0.301. The van der Waals surface area contributed by atoms with E-state index < -0.39 is 0 Å². The second-order valence-electron chi connectivity index (χ2n) is 8.19. The minimum atomic E-state index is -0.349. The number of hydrogen-bond acceptors (Lipinski definition) is 6. The normalized spacial score (nSPS) is 12.6. The SMILES string of the molecule is COc1cc2nccc(Oc3ccc(NC(=O)NC4CC4)c(Cl)c3)c2cc1C(=O)Nc1ccncc1. The van der Waals surface area contributed by atoms with E-state index in [1.807, 2.05) is 0 Å². The van der Waals surface area contributed by atoms with Crippen LogP contribution >= 0.6 is 11.6 Å². The van der Waals surface area contributed by atoms with Crippen molar-refractivity contribution in [1.29, 1.82) is 0 Å². The van der Waals surface area contributed by atoms with Crippen LogP contribution in [0.15, 0.2) is 67.1 Å². The minimum absolute atomic E-state index is 0.238. The van der Waals surface area contributed by atoms with E-state index in [4.69, 9.17) is 21.1 Å². The Labute approximate surface area is 211 Å². The Balaban J connectivity index is 1.41. The molecule has 0 unspecified atom stereocenters. The van der Waals surface area contributed by atoms with Crippen LogP contribution < -0.4 is 25.4 Å². The minimum Gasteiger partial charge on any atom is -0.496 e. The molecule has 1 fully saturated rings. The first-order chi connectivity index (χ1) is 17.5. The summed E-state index contributed by atoms with van der Waals surface area (Å²) in [7, 11) is 1.49. The molecule has 182 valence electrons. The van der Waals surface area contributed by atoms with Crippen LogP contribution in [0.3, 0.4) is 0 Å². The summed E-state index contributed by atoms with van der Waals surface area (Å²) in [5, 5.41) is 9.37. The maximum atomic E-state index is 13.0. The molecule has 0 saturated heterocycles. The molecule has 0 atom stereocenters. The predicted molar refractivity (Wildman–Crippen MR) is 137 cm³/mol. The van der Waals surface area contributed by atoms with Crippen LogP contribution in [0, 0.1) is 0 Å². The van der Waals surface area contributed by atoms with Crippen molar-refractivity contribution in [3.63, 3.8) is 0 Å². The Morgan fingerprint density at radius 1 is 0.972 bits per heavy atom. The van der Waals surface area contributed by atoms with Gasteiger partial charge >= 0.3 is 6.03 Å². The number of carbonyl (C=O) groups is 2. The maximum absolute atomic E-state index is 13.0. The molecule has 1 aliphatic carbocycles. The summed E-state index contributed by atoms with van der Waals surface area (Å²) >= 11 is 6.38. The van der Waals surface area contributed by atoms with Gasteiger partial charge in [0.25, 0.3) is 5.91 Å². The molecule has 0 radical (unpaired) electrons. The molecule has 3 amide bonds. The van der Waals surface area contributed by atoms with Crippen LogP contribution in [0.25, 0.3) is 10.9 Å². The first kappa shape index (κ1) is 23.4. The largest absolute Gasteiger partial charge is 0.496 e. The number of nitrogens with zero attached hydrogens (tertiary/aromatic N) is 2. The molecular weight excluding hydrogens is 482 g/mol. The number of fused-ring (bicyclic) bond motifs is 1. The lowest BCUT2D eigenvalue weighted by Gasteiger charge is -2.14. The van der Waals surface area contributed by atoms with Gasteiger partial charge in [0.05, 0.1) is 28.9 Å². The van der Waals surface area contributed by atoms with Crippen molar-refractivity contribution in [2.75, 3.05) is 17.7 Å². The standard InChI is InChI=1S/C26H22ClN5O4/c1-35-24-14-22-18(13-19(24)25(33)30-16-6-9-28-10-7-16)23(8-11-29-22)36-17-4-5-21(20(27)12-17)32-26(34)31-15-2-3-15/h4-15H,2-3H2,1H3,(H,28,30,33)(H2,31,32,34). The molecule has 1 saturated carbocycles. The van der Waals surface area contributed by atoms with Crippen molar-refractivity contribution >= 4 is 45.8 Å². The summed E-state index contributed by atoms with van der Waals surface area (Å²) in [6.07, 6.45) is 6.77. The fourth-order valence-electron chi connectivity index (χ4n) is 3.58. The Morgan fingerprint density at radius 3 is 2.50 bits per heavy atom. The van der Waals surface area contributed by atoms with Crippen molar-refractivity contribution in [3.8, 4) is 17.2 Å². The molecule has 2 aromatic heterocycles. The van der Waals surface area contributed by atoms with Crippen LogP contribution in [0.4, 0.5) is 16.2 Å². The summed E-state index contributed by atoms with van der Waals surface area (Å²) in [6, 6.07) is 13.4. The van der Waals surface area contributed by atoms with Crippen LogP contribution in [0.2, 0.25) is 5.02 Å². The molecular formula is C26H22ClN5O4. The second kappa shape index (κ2) is 10.1. The first-order valence-electron chi connectivity index (χ1n) is 11.2. The van der Waals surface area contributed by atoms with E-state index in [-0.39, 0.29) is 18.0 Å². The lowest BCUT2D eigenvalue weighted by molar-refractivity contribution is 0.102. The summed E-state index contributed by atoms with van der Waals surface area (Å²) < 4.78 is 11.5. The number of hydrogen-bond donors (Lipinski definition) is 3. The van der Waals surface area contributed by atoms with Crippen LogP contribution in [-0.2, 0) is 0 Å². The Morgan fingerprint density at radius 2 is 1.78 bits per heavy atom. The summed E-state index contributed by atoms with van der Waals surface area (Å²) in [5.41, 5.74) is 1.99. The number of urea groups is 1. The first-order valence-corrected chi connectivity index (χ1v) is 11.6. The lowest BCUT2D eigenvalue weighted by Crippen LogP contribution is -2.30. The fourth-order valence-corrected chi connectivity index (χ4v) is 3.79. The molecule has 36 heavy (non-hydrogen) atoms. The van der Waals surface area contributed by atoms with Gasteiger partial charge in [-0.05, 0) is 49.2 Å². The summed E-state index contributed by atoms with van der Waals surface area (Å²) in [5.74, 6) is 0.961. The number of amides is 3. The topological polar surface area (TPSA) is 114 Å². The van der Waals surface area contributed by atoms with Crippen molar-refractivity contribution in [2.45, 2.75) is 18.9 Å². The van der Waals surface area contributed by atoms with Gasteiger partial charge in [0.15, 0.2) is 0 Å². The third-order valence-corrected chi connectivity index (χ3v) is 5.85. The van der Waals surface area contributed by atoms with E-state index in [2.05, 4.69) is 25.9 Å². The number of carbonyl (C=O) groups excluding carboxylic acids is 2. The zero-order valence-electron chi connectivity index (χ0n) is 19.2. The summed E-state index contributed by atoms with van der Waals surface area (Å²) in [6.45, 7) is 0. The van der Waals surface area contributed by atoms with E-state index in [0.29, 0.717) is 50.1 Å². The van der Waals surface area contributed by atoms with E-state index >= 15 is 0 Å². The van der Waals surface area contributed by atoms with Gasteiger partial charge in [0.1, 0.15) is 17.2 Å². The van der Waals surface area contributed by atoms with Gasteiger partial charge in [-0.1, -0.05) is 11.6 Å². The van der Waals surface area contributed by atoms with Crippen molar-refractivity contribution in [3.05, 3.63) is 77.7 Å². The highest BCUT2D eigenvalue weighted by Gasteiger charge is 2.23. The van der Waals surface area contributed by atoms with Crippen molar-refractivity contribution in [2.24, 2.45) is 0 Å². The van der Waals surface area contributed by atoms with Crippen LogP contribution in [0.1, 0.15) is 23.2 Å². The number of ether oxygens (including phenoxy) is 2. The maximum Gasteiger partial charge on any atom is 0.319 e. The molecule has 2 aromatic carbocycles. The zero-order chi connectivity index (χ0) is 25.1. The number of anilines is 2. The molecule has 9 nitrogen and oxygen atoms in total. The van der Waals surface area contributed by atoms with Crippen molar-refractivity contribution < 1.29 is 19.1 Å². The predicted octanol–water partition coefficient (Wildman–Crippen LogP) is 5.62. The number of pyridine rings is 2. The second-order valence-corrected chi connectivity index (χ2v) is 8.59. The third-order valence-electron chi connectivity index (χ3n) is 5.53. The van der Waals surface area contributed by atoms with E-state index in [1.54, 1.807) is 67.1 Å². The highest BCUT2D eigenvalue weighted by Crippen LogP contribution is 2.35. The number of aromatic nitrogens is 2. The Hall–Kier alpha value is -4.37. The highest BCUT2D eigenvalue weighted by molar-refractivity contribution is 6.33. The number of methoxy groups -OCH3 is 1. The molecule has 0 aliphatic heterocycles. The highest BCUT2D eigenvalue weighted by atomic mass is 35.5. The third kappa shape index (κ3) is 5.31. The average Bonchev–Trinajstić information content (AvgIpc) is 3.69. The molecule has 2 heterocycles. The molecule has 5 rings (SSSR count). The zero-order valence-corrected chi connectivity index (χ0v) is 20.0. The fraction of sp³-hybridized carbons (Fsp3) is 0.154. The molecule has 3 N–H and O–H groups in total. The van der Waals surface area contributed by atoms with E-state index in [1.165, 1.54) is 7.11 Å². The molecule has 10 heteroatoms. The molecule has 1 aliphatic rings. The monoisotopic (exact) mass is 503 g/mol. The van der Waals surface area contributed by atoms with Gasteiger partial charge in [-0.2, -0.15) is 0 Å². The Bertz CT molecular complexity index is 1440. The van der Waals surface area contributed by atoms with Gasteiger partial charge in [0, 0.05) is 47.8 Å². The molecule has 4 aromatic rings. The van der Waals surface area contributed by atoms with Crippen LogP contribution in [0.5, 0.6) is 17.2 Å². The average molecular weight is 504 g/mol. The van der Waals surface area contributed by atoms with Gasteiger partial charge in [-0.3, -0.25) is 14.8 Å². The van der Waals surface area contributed by atoms with Gasteiger partial charge in [0.2, 0.25) is 0 Å². The molecule has 0 spiro atoms. The number of nitrogens with one attached hydrogen (secondary N) is 3. The van der Waals surface area contributed by atoms with Crippen LogP contribution in [-0.4, -0.2) is 35.1 Å². The van der Waals surface area contributed by atoms with Gasteiger partial charge < -0.3 is 25.4 Å². The van der Waals surface area contributed by atoms with E-state index in [9.17, 15) is 9.59 Å². The number of benzene rings is 2. The smallest absolute Gasteiger partial charge is 0.319 e. The van der Waals surface area contributed by atoms with Crippen molar-refractivity contribution in [1.82, 2.24) is 15.3 Å². The Kier molecular flexibility index (Phi) is 6.55. The van der Waals surface area contributed by atoms with Gasteiger partial charge in [-0.15, -0.1) is 0 Å². The van der Waals surface area contributed by atoms with Gasteiger partial charge in [-0.25, -0.2) is 4.79 Å². The summed E-state index contributed by atoms with van der Waals surface area (Å²) in [4.78, 5) is 33.4.